The largest absolute Gasteiger partial charge is 0.497 e. The van der Waals surface area contributed by atoms with E-state index in [2.05, 4.69) is 42.7 Å². The number of hydrogen-bond donors (Lipinski definition) is 2. The summed E-state index contributed by atoms with van der Waals surface area (Å²) in [5.74, 6) is 1.33. The van der Waals surface area contributed by atoms with E-state index in [1.165, 1.54) is 0 Å². The van der Waals surface area contributed by atoms with Crippen molar-refractivity contribution in [1.29, 1.82) is 0 Å². The molecule has 3 saturated carbocycles. The van der Waals surface area contributed by atoms with Crippen LogP contribution in [0.2, 0.25) is 0 Å². The van der Waals surface area contributed by atoms with Crippen molar-refractivity contribution in [3.05, 3.63) is 48.1 Å². The average Bonchev–Trinajstić information content (AvgIpc) is 3.21. The van der Waals surface area contributed by atoms with Crippen LogP contribution in [-0.2, 0) is 9.59 Å². The maximum atomic E-state index is 13.9. The van der Waals surface area contributed by atoms with Gasteiger partial charge in [-0.25, -0.2) is 0 Å². The van der Waals surface area contributed by atoms with Crippen LogP contribution in [0.5, 0.6) is 5.75 Å². The lowest BCUT2D eigenvalue weighted by molar-refractivity contribution is -0.179. The molecule has 1 saturated heterocycles. The van der Waals surface area contributed by atoms with E-state index in [0.717, 1.165) is 56.0 Å². The molecule has 0 amide bonds. The van der Waals surface area contributed by atoms with Crippen LogP contribution in [0.25, 0.3) is 0 Å². The highest BCUT2D eigenvalue weighted by molar-refractivity contribution is 6.01. The zero-order chi connectivity index (χ0) is 28.4. The summed E-state index contributed by atoms with van der Waals surface area (Å²) < 4.78 is 5.27. The maximum Gasteiger partial charge on any atom is 0.178 e. The number of ketones is 2. The van der Waals surface area contributed by atoms with Crippen LogP contribution < -0.4 is 9.64 Å². The Morgan fingerprint density at radius 2 is 1.82 bits per heavy atom. The van der Waals surface area contributed by atoms with Gasteiger partial charge in [-0.2, -0.15) is 0 Å². The average molecular weight is 549 g/mol. The third-order valence-corrected chi connectivity index (χ3v) is 11.6. The SMILES string of the molecule is COc1ccc(N2CCN(CC(=O)[C@@]3(O)CC[C@H]4[C@@H]5C[C@H](C)C6=CC(=O)C=C[C@]6(C)[C@H]5[C@@H](O)C[C@@]43C)CC2)cc1. The molecule has 7 nitrogen and oxygen atoms in total. The van der Waals surface area contributed by atoms with Gasteiger partial charge in [-0.05, 0) is 79.9 Å². The second kappa shape index (κ2) is 9.81. The topological polar surface area (TPSA) is 90.3 Å². The Kier molecular flexibility index (Phi) is 6.79. The van der Waals surface area contributed by atoms with Gasteiger partial charge < -0.3 is 19.8 Å². The lowest BCUT2D eigenvalue weighted by Gasteiger charge is -2.60. The highest BCUT2D eigenvalue weighted by Gasteiger charge is 2.68. The first-order valence-corrected chi connectivity index (χ1v) is 15.0. The first kappa shape index (κ1) is 27.7. The van der Waals surface area contributed by atoms with Crippen LogP contribution in [-0.4, -0.2) is 78.2 Å². The van der Waals surface area contributed by atoms with Crippen LogP contribution in [0.15, 0.2) is 48.1 Å². The van der Waals surface area contributed by atoms with Crippen molar-refractivity contribution in [2.75, 3.05) is 44.7 Å². The van der Waals surface area contributed by atoms with Crippen LogP contribution >= 0.6 is 0 Å². The van der Waals surface area contributed by atoms with E-state index in [0.29, 0.717) is 12.8 Å². The first-order valence-electron chi connectivity index (χ1n) is 15.0. The normalized spacial score (nSPS) is 41.1. The molecule has 216 valence electrons. The number of nitrogens with zero attached hydrogens (tertiary/aromatic N) is 2. The lowest BCUT2D eigenvalue weighted by Crippen LogP contribution is -2.63. The Hall–Kier alpha value is -2.48. The summed E-state index contributed by atoms with van der Waals surface area (Å²) in [4.78, 5) is 30.6. The van der Waals surface area contributed by atoms with E-state index in [-0.39, 0.29) is 47.2 Å². The smallest absolute Gasteiger partial charge is 0.178 e. The van der Waals surface area contributed by atoms with Gasteiger partial charge in [-0.15, -0.1) is 0 Å². The van der Waals surface area contributed by atoms with Crippen molar-refractivity contribution < 1.29 is 24.5 Å². The standard InChI is InChI=1S/C33H44N2O5/c1-21-17-25-26-10-12-33(39,32(26,3)19-28(37)30(25)31(2)11-9-23(36)18-27(21)31)29(38)20-34-13-15-35(16-14-34)22-5-7-24(40-4)8-6-22/h5-9,11,18,21,25-26,28,30,37,39H,10,12-17,19-20H2,1-4H3/t21-,25-,26-,28-,30+,31-,32-,33-/m0/s1. The number of methoxy groups -OCH3 is 1. The second-order valence-corrected chi connectivity index (χ2v) is 13.5. The molecular formula is C33H44N2O5. The number of aliphatic hydroxyl groups is 2. The Labute approximate surface area is 237 Å². The summed E-state index contributed by atoms with van der Waals surface area (Å²) in [5, 5.41) is 23.8. The van der Waals surface area contributed by atoms with Gasteiger partial charge in [-0.1, -0.05) is 32.4 Å². The number of Topliss-reactive ketones (excluding diaryl/α,β-unsaturated/α-hetero) is 1. The number of allylic oxidation sites excluding steroid dienone is 4. The van der Waals surface area contributed by atoms with E-state index < -0.39 is 17.1 Å². The fourth-order valence-corrected chi connectivity index (χ4v) is 9.50. The number of carbonyl (C=O) groups excluding carboxylic acids is 2. The molecule has 5 aliphatic rings. The van der Waals surface area contributed by atoms with E-state index >= 15 is 0 Å². The Bertz CT molecular complexity index is 1230. The monoisotopic (exact) mass is 548 g/mol. The molecule has 1 aromatic carbocycles. The molecule has 1 aliphatic heterocycles. The minimum Gasteiger partial charge on any atom is -0.497 e. The summed E-state index contributed by atoms with van der Waals surface area (Å²) in [6.07, 6.45) is 7.34. The minimum atomic E-state index is -1.44. The minimum absolute atomic E-state index is 0.0131. The van der Waals surface area contributed by atoms with Crippen molar-refractivity contribution in [1.82, 2.24) is 4.90 Å². The van der Waals surface area contributed by atoms with E-state index in [4.69, 9.17) is 4.74 Å². The van der Waals surface area contributed by atoms with Gasteiger partial charge in [-0.3, -0.25) is 14.5 Å². The van der Waals surface area contributed by atoms with Gasteiger partial charge in [0, 0.05) is 48.6 Å². The van der Waals surface area contributed by atoms with Crippen molar-refractivity contribution in [3.63, 3.8) is 0 Å². The number of fused-ring (bicyclic) bond motifs is 5. The molecule has 40 heavy (non-hydrogen) atoms. The van der Waals surface area contributed by atoms with Gasteiger partial charge in [0.05, 0.1) is 19.8 Å². The molecule has 8 atom stereocenters. The zero-order valence-corrected chi connectivity index (χ0v) is 24.3. The third kappa shape index (κ3) is 4.11. The van der Waals surface area contributed by atoms with Crippen molar-refractivity contribution in [3.8, 4) is 5.75 Å². The van der Waals surface area contributed by atoms with Gasteiger partial charge in [0.1, 0.15) is 11.4 Å². The number of rotatable bonds is 5. The molecule has 2 N–H and O–H groups in total. The second-order valence-electron chi connectivity index (χ2n) is 13.5. The van der Waals surface area contributed by atoms with Crippen molar-refractivity contribution in [2.24, 2.45) is 34.5 Å². The molecule has 4 fully saturated rings. The van der Waals surface area contributed by atoms with Crippen LogP contribution in [0.3, 0.4) is 0 Å². The molecule has 0 radical (unpaired) electrons. The molecule has 0 unspecified atom stereocenters. The van der Waals surface area contributed by atoms with Crippen molar-refractivity contribution in [2.45, 2.75) is 58.2 Å². The van der Waals surface area contributed by atoms with Gasteiger partial charge in [0.25, 0.3) is 0 Å². The van der Waals surface area contributed by atoms with E-state index in [9.17, 15) is 19.8 Å². The molecule has 4 aliphatic carbocycles. The van der Waals surface area contributed by atoms with Crippen LogP contribution in [0.4, 0.5) is 5.69 Å². The zero-order valence-electron chi connectivity index (χ0n) is 24.3. The van der Waals surface area contributed by atoms with Crippen molar-refractivity contribution >= 4 is 17.3 Å². The predicted octanol–water partition coefficient (Wildman–Crippen LogP) is 3.64. The number of benzene rings is 1. The molecule has 7 heteroatoms. The number of ether oxygens (including phenoxy) is 1. The maximum absolute atomic E-state index is 13.9. The quantitative estimate of drug-likeness (QED) is 0.581. The van der Waals surface area contributed by atoms with Gasteiger partial charge in [0.15, 0.2) is 11.6 Å². The van der Waals surface area contributed by atoms with Gasteiger partial charge >= 0.3 is 0 Å². The number of anilines is 1. The molecular weight excluding hydrogens is 504 g/mol. The fourth-order valence-electron chi connectivity index (χ4n) is 9.50. The van der Waals surface area contributed by atoms with Crippen LogP contribution in [0, 0.1) is 34.5 Å². The summed E-state index contributed by atoms with van der Waals surface area (Å²) in [5.41, 5.74) is -0.197. The molecule has 1 heterocycles. The number of hydrogen-bond acceptors (Lipinski definition) is 7. The summed E-state index contributed by atoms with van der Waals surface area (Å²) in [6, 6.07) is 8.07. The molecule has 0 spiro atoms. The number of piperazine rings is 1. The summed E-state index contributed by atoms with van der Waals surface area (Å²) in [6.45, 7) is 9.82. The summed E-state index contributed by atoms with van der Waals surface area (Å²) >= 11 is 0. The first-order chi connectivity index (χ1) is 19.0. The highest BCUT2D eigenvalue weighted by Crippen LogP contribution is 2.67. The van der Waals surface area contributed by atoms with Crippen LogP contribution in [0.1, 0.15) is 46.5 Å². The molecule has 6 rings (SSSR count). The highest BCUT2D eigenvalue weighted by atomic mass is 16.5. The molecule has 1 aromatic rings. The Morgan fingerprint density at radius 3 is 2.50 bits per heavy atom. The molecule has 0 bridgehead atoms. The summed E-state index contributed by atoms with van der Waals surface area (Å²) in [7, 11) is 1.67. The molecule has 0 aromatic heterocycles. The Morgan fingerprint density at radius 1 is 1.12 bits per heavy atom. The van der Waals surface area contributed by atoms with Gasteiger partial charge in [0.2, 0.25) is 0 Å². The number of aliphatic hydroxyl groups excluding tert-OH is 1. The van der Waals surface area contributed by atoms with E-state index in [1.807, 2.05) is 18.2 Å². The van der Waals surface area contributed by atoms with E-state index in [1.54, 1.807) is 19.3 Å². The Balaban J connectivity index is 1.16. The lowest BCUT2D eigenvalue weighted by atomic mass is 9.45. The fraction of sp³-hybridized carbons (Fsp3) is 0.636. The third-order valence-electron chi connectivity index (χ3n) is 11.6. The number of carbonyl (C=O) groups is 2. The predicted molar refractivity (Wildman–Crippen MR) is 154 cm³/mol.